The van der Waals surface area contributed by atoms with Crippen LogP contribution in [0.25, 0.3) is 12.2 Å². The van der Waals surface area contributed by atoms with E-state index >= 15 is 0 Å². The highest BCUT2D eigenvalue weighted by Crippen LogP contribution is 2.32. The number of hydrogen-bond donors (Lipinski definition) is 0. The lowest BCUT2D eigenvalue weighted by Crippen LogP contribution is -2.46. The normalized spacial score (nSPS) is 17.9. The highest BCUT2D eigenvalue weighted by atomic mass is 32.2. The van der Waals surface area contributed by atoms with Crippen molar-refractivity contribution in [2.24, 2.45) is 5.92 Å². The molecule has 1 aliphatic carbocycles. The minimum atomic E-state index is -3.93. The van der Waals surface area contributed by atoms with Crippen LogP contribution < -0.4 is 0 Å². The zero-order valence-corrected chi connectivity index (χ0v) is 22.2. The second-order valence-electron chi connectivity index (χ2n) is 9.98. The predicted molar refractivity (Wildman–Crippen MR) is 140 cm³/mol. The highest BCUT2D eigenvalue weighted by molar-refractivity contribution is 7.89. The summed E-state index contributed by atoms with van der Waals surface area (Å²) in [7, 11) is -3.93. The van der Waals surface area contributed by atoms with Crippen LogP contribution in [0.4, 0.5) is 4.39 Å². The molecule has 1 aromatic carbocycles. The SMILES string of the molecule is Cc1noc(C=Cc2ccccc2F)c1S(=O)(=O)N1CCC(C(=O)N(Cc2ccco2)C2CCCC2)CC1. The lowest BCUT2D eigenvalue weighted by atomic mass is 9.95. The zero-order chi connectivity index (χ0) is 26.7. The molecule has 202 valence electrons. The Kier molecular flexibility index (Phi) is 7.80. The summed E-state index contributed by atoms with van der Waals surface area (Å²) in [5.41, 5.74) is 0.549. The molecule has 0 bridgehead atoms. The number of nitrogens with zero attached hydrogens (tertiary/aromatic N) is 3. The maximum absolute atomic E-state index is 14.0. The summed E-state index contributed by atoms with van der Waals surface area (Å²) in [5.74, 6) is 0.204. The van der Waals surface area contributed by atoms with Gasteiger partial charge in [-0.25, -0.2) is 12.8 Å². The van der Waals surface area contributed by atoms with Crippen molar-refractivity contribution in [2.75, 3.05) is 13.1 Å². The number of hydrogen-bond acceptors (Lipinski definition) is 6. The van der Waals surface area contributed by atoms with E-state index in [4.69, 9.17) is 8.94 Å². The lowest BCUT2D eigenvalue weighted by Gasteiger charge is -2.35. The molecule has 1 saturated heterocycles. The van der Waals surface area contributed by atoms with Crippen molar-refractivity contribution >= 4 is 28.1 Å². The molecule has 10 heteroatoms. The van der Waals surface area contributed by atoms with E-state index < -0.39 is 15.8 Å². The van der Waals surface area contributed by atoms with E-state index in [1.54, 1.807) is 31.4 Å². The Morgan fingerprint density at radius 2 is 1.84 bits per heavy atom. The number of sulfonamides is 1. The first kappa shape index (κ1) is 26.4. The quantitative estimate of drug-likeness (QED) is 0.386. The number of amides is 1. The van der Waals surface area contributed by atoms with Gasteiger partial charge in [0.25, 0.3) is 0 Å². The molecule has 1 amide bonds. The molecule has 2 aliphatic rings. The van der Waals surface area contributed by atoms with Crippen molar-refractivity contribution in [3.05, 3.63) is 71.3 Å². The van der Waals surface area contributed by atoms with Gasteiger partial charge in [0.1, 0.15) is 17.3 Å². The van der Waals surface area contributed by atoms with Gasteiger partial charge in [-0.15, -0.1) is 0 Å². The second-order valence-corrected chi connectivity index (χ2v) is 11.9. The first-order chi connectivity index (χ1) is 18.3. The van der Waals surface area contributed by atoms with Gasteiger partial charge in [0.2, 0.25) is 15.9 Å². The van der Waals surface area contributed by atoms with Crippen LogP contribution in [0.5, 0.6) is 0 Å². The fraction of sp³-hybridized carbons (Fsp3) is 0.429. The Morgan fingerprint density at radius 3 is 2.53 bits per heavy atom. The van der Waals surface area contributed by atoms with Crippen molar-refractivity contribution in [3.63, 3.8) is 0 Å². The Morgan fingerprint density at radius 1 is 1.11 bits per heavy atom. The van der Waals surface area contributed by atoms with Crippen LogP contribution in [-0.2, 0) is 21.4 Å². The van der Waals surface area contributed by atoms with Crippen LogP contribution in [-0.4, -0.2) is 47.8 Å². The molecule has 2 aromatic heterocycles. The van der Waals surface area contributed by atoms with Gasteiger partial charge in [0.05, 0.1) is 12.8 Å². The molecule has 5 rings (SSSR count). The maximum atomic E-state index is 14.0. The summed E-state index contributed by atoms with van der Waals surface area (Å²) in [6.45, 7) is 2.45. The molecule has 0 atom stereocenters. The average Bonchev–Trinajstić information content (AvgIpc) is 3.69. The third-order valence-corrected chi connectivity index (χ3v) is 9.57. The summed E-state index contributed by atoms with van der Waals surface area (Å²) in [6.07, 6.45) is 9.55. The van der Waals surface area contributed by atoms with Gasteiger partial charge in [0, 0.05) is 30.6 Å². The third kappa shape index (κ3) is 5.47. The van der Waals surface area contributed by atoms with Crippen LogP contribution in [0, 0.1) is 18.7 Å². The minimum absolute atomic E-state index is 0.0275. The molecule has 0 N–H and O–H groups in total. The number of aromatic nitrogens is 1. The van der Waals surface area contributed by atoms with Gasteiger partial charge in [-0.3, -0.25) is 4.79 Å². The molecule has 38 heavy (non-hydrogen) atoms. The molecule has 3 aromatic rings. The highest BCUT2D eigenvalue weighted by Gasteiger charge is 2.38. The summed E-state index contributed by atoms with van der Waals surface area (Å²) in [6, 6.07) is 10.1. The van der Waals surface area contributed by atoms with E-state index in [0.29, 0.717) is 24.9 Å². The largest absolute Gasteiger partial charge is 0.467 e. The minimum Gasteiger partial charge on any atom is -0.467 e. The van der Waals surface area contributed by atoms with Gasteiger partial charge < -0.3 is 13.8 Å². The number of piperidine rings is 1. The molecule has 1 aliphatic heterocycles. The summed E-state index contributed by atoms with van der Waals surface area (Å²) >= 11 is 0. The molecule has 1 saturated carbocycles. The standard InChI is InChI=1S/C28H32FN3O5S/c1-20-27(26(37-30-20)13-12-21-7-2-5-11-25(21)29)38(34,35)31-16-14-22(15-17-31)28(33)32(23-8-3-4-9-23)19-24-10-6-18-36-24/h2,5-7,10-13,18,22-23H,3-4,8-9,14-17,19H2,1H3. The molecular formula is C28H32FN3O5S. The van der Waals surface area contributed by atoms with Crippen molar-refractivity contribution < 1.29 is 26.5 Å². The average molecular weight is 542 g/mol. The fourth-order valence-corrected chi connectivity index (χ4v) is 7.17. The first-order valence-electron chi connectivity index (χ1n) is 13.1. The van der Waals surface area contributed by atoms with Gasteiger partial charge in [-0.2, -0.15) is 4.31 Å². The first-order valence-corrected chi connectivity index (χ1v) is 14.5. The monoisotopic (exact) mass is 541 g/mol. The number of carbonyl (C=O) groups excluding carboxylic acids is 1. The second kappa shape index (κ2) is 11.2. The fourth-order valence-electron chi connectivity index (χ4n) is 5.45. The number of aryl methyl sites for hydroxylation is 1. The van der Waals surface area contributed by atoms with Crippen LogP contribution in [0.2, 0.25) is 0 Å². The Hall–Kier alpha value is -3.24. The van der Waals surface area contributed by atoms with Gasteiger partial charge >= 0.3 is 0 Å². The molecule has 0 spiro atoms. The van der Waals surface area contributed by atoms with E-state index in [0.717, 1.165) is 31.4 Å². The van der Waals surface area contributed by atoms with Gasteiger partial charge in [0.15, 0.2) is 10.7 Å². The smallest absolute Gasteiger partial charge is 0.248 e. The Labute approximate surface area is 222 Å². The number of benzene rings is 1. The van der Waals surface area contributed by atoms with Crippen molar-refractivity contribution in [1.29, 1.82) is 0 Å². The Balaban J connectivity index is 1.29. The van der Waals surface area contributed by atoms with E-state index in [2.05, 4.69) is 5.16 Å². The topological polar surface area (TPSA) is 96.9 Å². The molecule has 0 unspecified atom stereocenters. The van der Waals surface area contributed by atoms with E-state index in [1.165, 1.54) is 22.5 Å². The van der Waals surface area contributed by atoms with Crippen molar-refractivity contribution in [1.82, 2.24) is 14.4 Å². The maximum Gasteiger partial charge on any atom is 0.248 e. The number of furan rings is 1. The third-order valence-electron chi connectivity index (χ3n) is 7.51. The molecule has 0 radical (unpaired) electrons. The lowest BCUT2D eigenvalue weighted by molar-refractivity contribution is -0.140. The summed E-state index contributed by atoms with van der Waals surface area (Å²) < 4.78 is 53.5. The van der Waals surface area contributed by atoms with Crippen LogP contribution in [0.1, 0.15) is 61.3 Å². The van der Waals surface area contributed by atoms with Crippen molar-refractivity contribution in [3.8, 4) is 0 Å². The van der Waals surface area contributed by atoms with Crippen molar-refractivity contribution in [2.45, 2.75) is 62.9 Å². The van der Waals surface area contributed by atoms with Gasteiger partial charge in [-0.1, -0.05) is 36.2 Å². The molecule has 3 heterocycles. The number of carbonyl (C=O) groups is 1. The van der Waals surface area contributed by atoms with Crippen LogP contribution in [0.3, 0.4) is 0 Å². The van der Waals surface area contributed by atoms with Crippen LogP contribution in [0.15, 0.2) is 56.5 Å². The number of halogens is 1. The van der Waals surface area contributed by atoms with E-state index in [1.807, 2.05) is 17.0 Å². The molecular weight excluding hydrogens is 509 g/mol. The van der Waals surface area contributed by atoms with Gasteiger partial charge in [-0.05, 0) is 63.0 Å². The Bertz CT molecular complexity index is 1390. The summed E-state index contributed by atoms with van der Waals surface area (Å²) in [4.78, 5) is 15.5. The van der Waals surface area contributed by atoms with E-state index in [9.17, 15) is 17.6 Å². The summed E-state index contributed by atoms with van der Waals surface area (Å²) in [5, 5.41) is 3.86. The number of rotatable bonds is 8. The molecule has 2 fully saturated rings. The van der Waals surface area contributed by atoms with Crippen LogP contribution >= 0.6 is 0 Å². The predicted octanol–water partition coefficient (Wildman–Crippen LogP) is 5.26. The zero-order valence-electron chi connectivity index (χ0n) is 21.4. The van der Waals surface area contributed by atoms with E-state index in [-0.39, 0.29) is 47.3 Å². The molecule has 8 nitrogen and oxygen atoms in total.